The number of hydrogen-bond acceptors (Lipinski definition) is 2. The highest BCUT2D eigenvalue weighted by molar-refractivity contribution is 5.77. The highest BCUT2D eigenvalue weighted by atomic mass is 16.2. The van der Waals surface area contributed by atoms with Gasteiger partial charge >= 0.3 is 0 Å². The van der Waals surface area contributed by atoms with Gasteiger partial charge in [0.05, 0.1) is 0 Å². The van der Waals surface area contributed by atoms with E-state index >= 15 is 0 Å². The quantitative estimate of drug-likeness (QED) is 0.867. The Morgan fingerprint density at radius 1 is 1.35 bits per heavy atom. The van der Waals surface area contributed by atoms with E-state index in [4.69, 9.17) is 5.73 Å². The monoisotopic (exact) mass is 274 g/mol. The van der Waals surface area contributed by atoms with E-state index in [-0.39, 0.29) is 11.3 Å². The normalized spacial score (nSPS) is 16.6. The summed E-state index contributed by atoms with van der Waals surface area (Å²) in [5.74, 6) is 0.251. The molecule has 0 atom stereocenters. The molecule has 1 aliphatic carbocycles. The van der Waals surface area contributed by atoms with E-state index in [1.165, 1.54) is 17.5 Å². The summed E-state index contributed by atoms with van der Waals surface area (Å²) in [6.45, 7) is 6.25. The average Bonchev–Trinajstić information content (AvgIpc) is 2.41. The topological polar surface area (TPSA) is 46.3 Å². The van der Waals surface area contributed by atoms with E-state index in [1.807, 2.05) is 24.0 Å². The standard InChI is InChI=1S/C17H26N2O/c1-3-19(12-15-8-5-4-7-14(15)2)16(20)11-17(13-18)9-6-10-17/h4-5,7-8H,3,6,9-13,18H2,1-2H3. The second-order valence-electron chi connectivity index (χ2n) is 6.07. The fourth-order valence-electron chi connectivity index (χ4n) is 2.93. The molecule has 1 aromatic carbocycles. The van der Waals surface area contributed by atoms with Gasteiger partial charge in [-0.1, -0.05) is 30.7 Å². The molecule has 0 heterocycles. The highest BCUT2D eigenvalue weighted by Crippen LogP contribution is 2.43. The van der Waals surface area contributed by atoms with Crippen molar-refractivity contribution in [2.75, 3.05) is 13.1 Å². The van der Waals surface area contributed by atoms with E-state index in [9.17, 15) is 4.79 Å². The average molecular weight is 274 g/mol. The summed E-state index contributed by atoms with van der Waals surface area (Å²) < 4.78 is 0. The zero-order valence-corrected chi connectivity index (χ0v) is 12.7. The molecule has 1 aromatic rings. The summed E-state index contributed by atoms with van der Waals surface area (Å²) in [5.41, 5.74) is 8.44. The first kappa shape index (κ1) is 15.0. The van der Waals surface area contributed by atoms with E-state index in [2.05, 4.69) is 19.1 Å². The maximum absolute atomic E-state index is 12.5. The smallest absolute Gasteiger partial charge is 0.223 e. The van der Waals surface area contributed by atoms with Gasteiger partial charge in [0.15, 0.2) is 0 Å². The second-order valence-corrected chi connectivity index (χ2v) is 6.07. The van der Waals surface area contributed by atoms with Crippen LogP contribution in [0.4, 0.5) is 0 Å². The first-order valence-electron chi connectivity index (χ1n) is 7.62. The molecule has 110 valence electrons. The van der Waals surface area contributed by atoms with Gasteiger partial charge in [0.1, 0.15) is 0 Å². The van der Waals surface area contributed by atoms with Crippen LogP contribution < -0.4 is 5.73 Å². The van der Waals surface area contributed by atoms with Crippen LogP contribution in [0.5, 0.6) is 0 Å². The van der Waals surface area contributed by atoms with E-state index < -0.39 is 0 Å². The first-order valence-corrected chi connectivity index (χ1v) is 7.62. The lowest BCUT2D eigenvalue weighted by Crippen LogP contribution is -2.43. The Morgan fingerprint density at radius 3 is 2.55 bits per heavy atom. The summed E-state index contributed by atoms with van der Waals surface area (Å²) in [7, 11) is 0. The Bertz CT molecular complexity index is 460. The number of amides is 1. The number of carbonyl (C=O) groups excluding carboxylic acids is 1. The Kier molecular flexibility index (Phi) is 4.81. The van der Waals surface area contributed by atoms with Crippen molar-refractivity contribution in [3.63, 3.8) is 0 Å². The Morgan fingerprint density at radius 2 is 2.05 bits per heavy atom. The summed E-state index contributed by atoms with van der Waals surface area (Å²) in [5, 5.41) is 0. The van der Waals surface area contributed by atoms with Gasteiger partial charge in [-0.3, -0.25) is 4.79 Å². The lowest BCUT2D eigenvalue weighted by molar-refractivity contribution is -0.135. The number of hydrogen-bond donors (Lipinski definition) is 1. The molecule has 0 radical (unpaired) electrons. The maximum Gasteiger partial charge on any atom is 0.223 e. The van der Waals surface area contributed by atoms with Crippen molar-refractivity contribution < 1.29 is 4.79 Å². The van der Waals surface area contributed by atoms with Gasteiger partial charge in [0, 0.05) is 19.5 Å². The third-order valence-electron chi connectivity index (χ3n) is 4.73. The van der Waals surface area contributed by atoms with Gasteiger partial charge < -0.3 is 10.6 Å². The fourth-order valence-corrected chi connectivity index (χ4v) is 2.93. The zero-order chi connectivity index (χ0) is 14.6. The minimum atomic E-state index is 0.0935. The Hall–Kier alpha value is -1.35. The van der Waals surface area contributed by atoms with Crippen LogP contribution in [-0.4, -0.2) is 23.9 Å². The molecule has 0 spiro atoms. The molecule has 0 saturated heterocycles. The molecular weight excluding hydrogens is 248 g/mol. The molecule has 2 rings (SSSR count). The number of benzene rings is 1. The van der Waals surface area contributed by atoms with Crippen molar-refractivity contribution in [3.05, 3.63) is 35.4 Å². The number of rotatable bonds is 6. The van der Waals surface area contributed by atoms with E-state index in [0.717, 1.165) is 19.4 Å². The van der Waals surface area contributed by atoms with Crippen molar-refractivity contribution in [1.82, 2.24) is 4.90 Å². The molecule has 3 heteroatoms. The molecule has 0 aromatic heterocycles. The summed E-state index contributed by atoms with van der Waals surface area (Å²) in [6, 6.07) is 8.27. The van der Waals surface area contributed by atoms with Crippen molar-refractivity contribution in [3.8, 4) is 0 Å². The third kappa shape index (κ3) is 3.21. The van der Waals surface area contributed by atoms with Gasteiger partial charge in [0.2, 0.25) is 5.91 Å². The number of aryl methyl sites for hydroxylation is 1. The molecule has 0 aliphatic heterocycles. The molecule has 1 aliphatic rings. The van der Waals surface area contributed by atoms with E-state index in [0.29, 0.717) is 19.5 Å². The zero-order valence-electron chi connectivity index (χ0n) is 12.7. The second kappa shape index (κ2) is 6.40. The van der Waals surface area contributed by atoms with Gasteiger partial charge in [-0.05, 0) is 49.8 Å². The van der Waals surface area contributed by atoms with Crippen LogP contribution in [0, 0.1) is 12.3 Å². The van der Waals surface area contributed by atoms with Gasteiger partial charge in [-0.15, -0.1) is 0 Å². The van der Waals surface area contributed by atoms with Gasteiger partial charge in [-0.2, -0.15) is 0 Å². The summed E-state index contributed by atoms with van der Waals surface area (Å²) in [4.78, 5) is 14.5. The fraction of sp³-hybridized carbons (Fsp3) is 0.588. The number of nitrogens with two attached hydrogens (primary N) is 1. The van der Waals surface area contributed by atoms with E-state index in [1.54, 1.807) is 0 Å². The van der Waals surface area contributed by atoms with Crippen molar-refractivity contribution in [1.29, 1.82) is 0 Å². The molecule has 3 nitrogen and oxygen atoms in total. The molecule has 20 heavy (non-hydrogen) atoms. The predicted molar refractivity (Wildman–Crippen MR) is 82.2 cm³/mol. The maximum atomic E-state index is 12.5. The molecule has 1 amide bonds. The molecule has 2 N–H and O–H groups in total. The van der Waals surface area contributed by atoms with Crippen molar-refractivity contribution >= 4 is 5.91 Å². The van der Waals surface area contributed by atoms with Crippen molar-refractivity contribution in [2.24, 2.45) is 11.1 Å². The van der Waals surface area contributed by atoms with Crippen LogP contribution in [0.1, 0.15) is 43.7 Å². The van der Waals surface area contributed by atoms with Crippen LogP contribution in [0.2, 0.25) is 0 Å². The molecule has 0 bridgehead atoms. The van der Waals surface area contributed by atoms with Crippen LogP contribution in [0.15, 0.2) is 24.3 Å². The Balaban J connectivity index is 2.01. The molecule has 1 fully saturated rings. The number of carbonyl (C=O) groups is 1. The summed E-state index contributed by atoms with van der Waals surface area (Å²) in [6.07, 6.45) is 4.05. The molecular formula is C17H26N2O. The summed E-state index contributed by atoms with van der Waals surface area (Å²) >= 11 is 0. The largest absolute Gasteiger partial charge is 0.339 e. The van der Waals surface area contributed by atoms with Crippen LogP contribution in [0.25, 0.3) is 0 Å². The van der Waals surface area contributed by atoms with Crippen LogP contribution in [0.3, 0.4) is 0 Å². The van der Waals surface area contributed by atoms with Gasteiger partial charge in [0.25, 0.3) is 0 Å². The van der Waals surface area contributed by atoms with Gasteiger partial charge in [-0.25, -0.2) is 0 Å². The lowest BCUT2D eigenvalue weighted by atomic mass is 9.66. The SMILES string of the molecule is CCN(Cc1ccccc1C)C(=O)CC1(CN)CCC1. The van der Waals surface area contributed by atoms with Crippen LogP contribution in [-0.2, 0) is 11.3 Å². The third-order valence-corrected chi connectivity index (χ3v) is 4.73. The molecule has 1 saturated carbocycles. The van der Waals surface area contributed by atoms with Crippen LogP contribution >= 0.6 is 0 Å². The first-order chi connectivity index (χ1) is 9.60. The van der Waals surface area contributed by atoms with Crippen molar-refractivity contribution in [2.45, 2.75) is 46.1 Å². The minimum absolute atomic E-state index is 0.0935. The Labute approximate surface area is 122 Å². The predicted octanol–water partition coefficient (Wildman–Crippen LogP) is 2.86. The molecule has 0 unspecified atom stereocenters. The number of nitrogens with zero attached hydrogens (tertiary/aromatic N) is 1. The minimum Gasteiger partial charge on any atom is -0.339 e. The lowest BCUT2D eigenvalue weighted by Gasteiger charge is -2.41. The highest BCUT2D eigenvalue weighted by Gasteiger charge is 2.38.